The molecule has 0 saturated carbocycles. The van der Waals surface area contributed by atoms with Crippen LogP contribution in [0.25, 0.3) is 33.5 Å². The Bertz CT molecular complexity index is 1750. The molecule has 0 amide bonds. The van der Waals surface area contributed by atoms with Crippen molar-refractivity contribution in [2.75, 3.05) is 13.6 Å². The Morgan fingerprint density at radius 1 is 0.920 bits per heavy atom. The molecule has 1 aromatic carbocycles. The molecule has 0 fully saturated rings. The molecule has 50 heavy (non-hydrogen) atoms. The van der Waals surface area contributed by atoms with Gasteiger partial charge in [-0.1, -0.05) is 120 Å². The number of benzene rings is 1. The predicted molar refractivity (Wildman–Crippen MR) is 221 cm³/mol. The van der Waals surface area contributed by atoms with Gasteiger partial charge in [0.05, 0.1) is 5.39 Å². The highest BCUT2D eigenvalue weighted by atomic mass is 35.5. The van der Waals surface area contributed by atoms with Gasteiger partial charge in [0, 0.05) is 79.1 Å². The van der Waals surface area contributed by atoms with Gasteiger partial charge in [-0.3, -0.25) is 14.8 Å². The van der Waals surface area contributed by atoms with Crippen LogP contribution in [-0.2, 0) is 6.54 Å². The number of unbranched alkanes of at least 4 members (excludes halogenated alkanes) is 2. The minimum Gasteiger partial charge on any atom is -0.380 e. The summed E-state index contributed by atoms with van der Waals surface area (Å²) in [4.78, 5) is 23.1. The molecule has 266 valence electrons. The molecular weight excluding hydrogens is 636 g/mol. The number of hydrogen-bond acceptors (Lipinski definition) is 4. The van der Waals surface area contributed by atoms with E-state index < -0.39 is 0 Å². The molecule has 4 aromatic rings. The van der Waals surface area contributed by atoms with Crippen LogP contribution in [0.3, 0.4) is 0 Å². The lowest BCUT2D eigenvalue weighted by atomic mass is 9.94. The molecule has 0 N–H and O–H groups in total. The number of rotatable bonds is 13. The van der Waals surface area contributed by atoms with Crippen molar-refractivity contribution in [1.29, 1.82) is 0 Å². The van der Waals surface area contributed by atoms with Crippen LogP contribution in [0.15, 0.2) is 140 Å². The maximum absolute atomic E-state index is 12.5. The van der Waals surface area contributed by atoms with Gasteiger partial charge in [-0.2, -0.15) is 0 Å². The van der Waals surface area contributed by atoms with Crippen LogP contribution in [0.4, 0.5) is 0 Å². The lowest BCUT2D eigenvalue weighted by Gasteiger charge is -2.19. The van der Waals surface area contributed by atoms with Gasteiger partial charge < -0.3 is 9.47 Å². The van der Waals surface area contributed by atoms with E-state index in [4.69, 9.17) is 11.6 Å². The molecule has 6 heteroatoms. The summed E-state index contributed by atoms with van der Waals surface area (Å²) < 4.78 is 1.82. The number of aromatic nitrogens is 3. The van der Waals surface area contributed by atoms with Gasteiger partial charge >= 0.3 is 0 Å². The number of pyridine rings is 3. The number of fused-ring (bicyclic) bond motifs is 1. The first kappa shape index (κ1) is 43.3. The lowest BCUT2D eigenvalue weighted by molar-refractivity contribution is 0.443. The number of nitrogens with zero attached hydrogens (tertiary/aromatic N) is 4. The van der Waals surface area contributed by atoms with E-state index in [1.54, 1.807) is 24.7 Å². The zero-order valence-corrected chi connectivity index (χ0v) is 31.9. The highest BCUT2D eigenvalue weighted by Crippen LogP contribution is 2.29. The Labute approximate surface area is 306 Å². The molecule has 0 atom stereocenters. The second-order valence-corrected chi connectivity index (χ2v) is 12.1. The van der Waals surface area contributed by atoms with Crippen LogP contribution in [0, 0.1) is 0 Å². The summed E-state index contributed by atoms with van der Waals surface area (Å²) in [6, 6.07) is 14.1. The van der Waals surface area contributed by atoms with Crippen molar-refractivity contribution in [3.8, 4) is 11.1 Å². The van der Waals surface area contributed by atoms with Crippen molar-refractivity contribution in [1.82, 2.24) is 19.4 Å². The van der Waals surface area contributed by atoms with Crippen LogP contribution in [0.2, 0.25) is 0 Å². The van der Waals surface area contributed by atoms with Gasteiger partial charge in [0.1, 0.15) is 0 Å². The van der Waals surface area contributed by atoms with Crippen LogP contribution in [0.1, 0.15) is 77.8 Å². The van der Waals surface area contributed by atoms with Crippen molar-refractivity contribution in [3.05, 3.63) is 156 Å². The van der Waals surface area contributed by atoms with Gasteiger partial charge in [-0.15, -0.1) is 13.2 Å². The van der Waals surface area contributed by atoms with Crippen LogP contribution in [-0.4, -0.2) is 33.0 Å². The first-order chi connectivity index (χ1) is 24.3. The summed E-state index contributed by atoms with van der Waals surface area (Å²) in [5.74, 6) is 0. The Morgan fingerprint density at radius 3 is 2.16 bits per heavy atom. The second kappa shape index (κ2) is 25.3. The maximum Gasteiger partial charge on any atom is 0.260 e. The van der Waals surface area contributed by atoms with E-state index in [9.17, 15) is 4.79 Å². The van der Waals surface area contributed by atoms with E-state index in [0.717, 1.165) is 82.6 Å². The van der Waals surface area contributed by atoms with Crippen LogP contribution in [0.5, 0.6) is 0 Å². The lowest BCUT2D eigenvalue weighted by Crippen LogP contribution is -2.20. The number of allylic oxidation sites excluding steroid dienone is 6. The van der Waals surface area contributed by atoms with Gasteiger partial charge in [-0.05, 0) is 60.1 Å². The molecule has 0 unspecified atom stereocenters. The first-order valence-electron chi connectivity index (χ1n) is 17.4. The smallest absolute Gasteiger partial charge is 0.260 e. The average molecular weight is 693 g/mol. The van der Waals surface area contributed by atoms with Gasteiger partial charge in [0.25, 0.3) is 5.56 Å². The molecule has 3 aromatic heterocycles. The van der Waals surface area contributed by atoms with Crippen LogP contribution < -0.4 is 5.56 Å². The largest absolute Gasteiger partial charge is 0.380 e. The van der Waals surface area contributed by atoms with Crippen molar-refractivity contribution in [2.45, 2.75) is 73.3 Å². The fourth-order valence-corrected chi connectivity index (χ4v) is 5.06. The molecule has 5 nitrogen and oxygen atoms in total. The van der Waals surface area contributed by atoms with E-state index in [1.807, 2.05) is 72.4 Å². The van der Waals surface area contributed by atoms with Crippen LogP contribution >= 0.6 is 11.6 Å². The van der Waals surface area contributed by atoms with E-state index >= 15 is 0 Å². The standard InChI is InChI=1S/C21H27ClN2.C18H18N2O.C3H8.C2H4/c1-6-9-13-24(5)16-21(19(10-7-2)14-17(4)22)20-11-12-23-15-18(20)8-3;1-2-3-11-20-13-17(14-7-5-4-6-8-14)15-9-10-19-12-16(15)18(20)21;1-3-2;1-2/h7-8,10-12,14-16H,2-3,6,9,13H2,1,4-5H3;4-10,12-13H,2-3,11H2,1H3;3H2,1-2H3;1-2H2/b17-14+,19-10+,21-16-;;;. The Kier molecular flexibility index (Phi) is 21.9. The normalized spacial score (nSPS) is 11.2. The first-order valence-corrected chi connectivity index (χ1v) is 17.8. The number of aryl methyl sites for hydroxylation is 1. The third-order valence-electron chi connectivity index (χ3n) is 7.26. The Balaban J connectivity index is 0.000000445. The molecular formula is C44H57ClN4O. The second-order valence-electron chi connectivity index (χ2n) is 11.5. The minimum atomic E-state index is 0.0474. The van der Waals surface area contributed by atoms with E-state index in [-0.39, 0.29) is 5.56 Å². The van der Waals surface area contributed by atoms with Gasteiger partial charge in [-0.25, -0.2) is 0 Å². The summed E-state index contributed by atoms with van der Waals surface area (Å²) in [5.41, 5.74) is 6.41. The van der Waals surface area contributed by atoms with E-state index in [2.05, 4.69) is 94.3 Å². The summed E-state index contributed by atoms with van der Waals surface area (Å²) >= 11 is 6.15. The average Bonchev–Trinajstić information content (AvgIpc) is 3.14. The molecule has 3 heterocycles. The van der Waals surface area contributed by atoms with Crippen molar-refractivity contribution >= 4 is 34.0 Å². The molecule has 0 aliphatic heterocycles. The van der Waals surface area contributed by atoms with Gasteiger partial charge in [0.2, 0.25) is 0 Å². The fourth-order valence-electron chi connectivity index (χ4n) is 4.94. The molecule has 4 rings (SSSR count). The SMILES string of the molecule is C=C.C=C/C=C(\C=C(/C)Cl)C(=C/N(C)CCCC)/c1ccncc1C=C.CCC.CCCCn1cc(-c2ccccc2)c2ccncc2c1=O. The third-order valence-corrected chi connectivity index (χ3v) is 7.37. The molecule has 0 aliphatic rings. The van der Waals surface area contributed by atoms with Crippen molar-refractivity contribution < 1.29 is 0 Å². The number of halogens is 1. The molecule has 0 radical (unpaired) electrons. The van der Waals surface area contributed by atoms with Crippen molar-refractivity contribution in [3.63, 3.8) is 0 Å². The fraction of sp³-hybridized carbons (Fsp3) is 0.295. The molecule has 0 aliphatic carbocycles. The molecule has 0 bridgehead atoms. The highest BCUT2D eigenvalue weighted by molar-refractivity contribution is 6.29. The number of hydrogen-bond donors (Lipinski definition) is 0. The summed E-state index contributed by atoms with van der Waals surface area (Å²) in [6.07, 6.45) is 24.3. The summed E-state index contributed by atoms with van der Waals surface area (Å²) in [7, 11) is 2.09. The maximum atomic E-state index is 12.5. The predicted octanol–water partition coefficient (Wildman–Crippen LogP) is 12.1. The highest BCUT2D eigenvalue weighted by Gasteiger charge is 2.12. The zero-order chi connectivity index (χ0) is 37.3. The topological polar surface area (TPSA) is 51.0 Å². The van der Waals surface area contributed by atoms with E-state index in [0.29, 0.717) is 5.39 Å². The minimum absolute atomic E-state index is 0.0474. The van der Waals surface area contributed by atoms with Gasteiger partial charge in [0.15, 0.2) is 0 Å². The molecule has 0 saturated heterocycles. The Hall–Kier alpha value is -4.74. The Morgan fingerprint density at radius 2 is 1.56 bits per heavy atom. The van der Waals surface area contributed by atoms with Crippen molar-refractivity contribution in [2.24, 2.45) is 0 Å². The zero-order valence-electron chi connectivity index (χ0n) is 31.2. The summed E-state index contributed by atoms with van der Waals surface area (Å²) in [5, 5.41) is 2.38. The monoisotopic (exact) mass is 692 g/mol. The third kappa shape index (κ3) is 14.0. The quantitative estimate of drug-likeness (QED) is 0.103. The molecule has 0 spiro atoms. The summed E-state index contributed by atoms with van der Waals surface area (Å²) in [6.45, 7) is 25.9. The van der Waals surface area contributed by atoms with E-state index in [1.165, 1.54) is 6.42 Å².